The summed E-state index contributed by atoms with van der Waals surface area (Å²) in [6.45, 7) is 6.31. The molecule has 0 saturated heterocycles. The third-order valence-corrected chi connectivity index (χ3v) is 5.78. The molecule has 0 bridgehead atoms. The number of ether oxygens (including phenoxy) is 1. The van der Waals surface area contributed by atoms with Crippen LogP contribution in [0, 0.1) is 6.92 Å². The Morgan fingerprint density at radius 3 is 2.86 bits per heavy atom. The lowest BCUT2D eigenvalue weighted by molar-refractivity contribution is -0.119. The molecule has 150 valence electrons. The average molecular weight is 401 g/mol. The fraction of sp³-hybridized carbons (Fsp3) is 0.476. The van der Waals surface area contributed by atoms with Crippen molar-refractivity contribution in [3.63, 3.8) is 0 Å². The molecule has 3 rings (SSSR count). The van der Waals surface area contributed by atoms with E-state index in [1.54, 1.807) is 7.11 Å². The first-order valence-electron chi connectivity index (χ1n) is 9.78. The van der Waals surface area contributed by atoms with Crippen molar-refractivity contribution in [2.24, 2.45) is 0 Å². The molecule has 1 atom stereocenters. The lowest BCUT2D eigenvalue weighted by atomic mass is 10.1. The number of hydrogen-bond acceptors (Lipinski definition) is 5. The molecular formula is C21H28N4O2S. The van der Waals surface area contributed by atoms with Gasteiger partial charge in [-0.3, -0.25) is 9.20 Å². The van der Waals surface area contributed by atoms with Crippen molar-refractivity contribution in [1.82, 2.24) is 19.9 Å². The van der Waals surface area contributed by atoms with E-state index in [1.807, 2.05) is 28.7 Å². The van der Waals surface area contributed by atoms with Gasteiger partial charge in [-0.1, -0.05) is 37.9 Å². The van der Waals surface area contributed by atoms with Crippen LogP contribution in [0.5, 0.6) is 5.75 Å². The molecule has 2 heterocycles. The summed E-state index contributed by atoms with van der Waals surface area (Å²) >= 11 is 1.41. The Hall–Kier alpha value is -2.28. The van der Waals surface area contributed by atoms with Crippen LogP contribution in [0.4, 0.5) is 0 Å². The van der Waals surface area contributed by atoms with E-state index in [0.717, 1.165) is 40.7 Å². The molecule has 1 N–H and O–H groups in total. The highest BCUT2D eigenvalue weighted by Gasteiger charge is 2.15. The van der Waals surface area contributed by atoms with Gasteiger partial charge in [-0.25, -0.2) is 0 Å². The maximum atomic E-state index is 12.3. The summed E-state index contributed by atoms with van der Waals surface area (Å²) in [5.41, 5.74) is 2.89. The van der Waals surface area contributed by atoms with Gasteiger partial charge in [0.1, 0.15) is 5.75 Å². The molecule has 0 radical (unpaired) electrons. The van der Waals surface area contributed by atoms with Crippen LogP contribution < -0.4 is 10.1 Å². The Bertz CT molecular complexity index is 970. The first-order chi connectivity index (χ1) is 13.5. The van der Waals surface area contributed by atoms with Crippen molar-refractivity contribution in [1.29, 1.82) is 0 Å². The Kier molecular flexibility index (Phi) is 6.78. The lowest BCUT2D eigenvalue weighted by Crippen LogP contribution is -2.33. The Labute approximate surface area is 170 Å². The topological polar surface area (TPSA) is 68.5 Å². The van der Waals surface area contributed by atoms with E-state index in [2.05, 4.69) is 36.3 Å². The number of benzene rings is 1. The molecule has 1 aromatic carbocycles. The minimum absolute atomic E-state index is 0.0275. The van der Waals surface area contributed by atoms with Crippen LogP contribution in [0.2, 0.25) is 0 Å². The summed E-state index contributed by atoms with van der Waals surface area (Å²) < 4.78 is 7.38. The van der Waals surface area contributed by atoms with Crippen molar-refractivity contribution in [3.8, 4) is 5.75 Å². The Morgan fingerprint density at radius 2 is 2.11 bits per heavy atom. The maximum Gasteiger partial charge on any atom is 0.230 e. The highest BCUT2D eigenvalue weighted by atomic mass is 32.2. The Morgan fingerprint density at radius 1 is 1.29 bits per heavy atom. The highest BCUT2D eigenvalue weighted by molar-refractivity contribution is 7.99. The molecule has 0 saturated carbocycles. The van der Waals surface area contributed by atoms with Crippen molar-refractivity contribution in [3.05, 3.63) is 29.8 Å². The molecule has 0 fully saturated rings. The number of carbonyl (C=O) groups excluding carboxylic acids is 1. The summed E-state index contributed by atoms with van der Waals surface area (Å²) in [7, 11) is 1.65. The number of carbonyl (C=O) groups is 1. The van der Waals surface area contributed by atoms with Crippen molar-refractivity contribution in [2.75, 3.05) is 12.9 Å². The smallest absolute Gasteiger partial charge is 0.230 e. The number of fused-ring (bicyclic) bond motifs is 3. The monoisotopic (exact) mass is 400 g/mol. The zero-order valence-electron chi connectivity index (χ0n) is 17.0. The molecule has 1 amide bonds. The molecule has 7 heteroatoms. The molecule has 2 aromatic heterocycles. The van der Waals surface area contributed by atoms with Gasteiger partial charge in [0.2, 0.25) is 5.91 Å². The van der Waals surface area contributed by atoms with Gasteiger partial charge in [0.25, 0.3) is 0 Å². The number of rotatable bonds is 9. The van der Waals surface area contributed by atoms with E-state index in [1.165, 1.54) is 24.6 Å². The number of nitrogens with one attached hydrogen (secondary N) is 1. The second-order valence-corrected chi connectivity index (χ2v) is 8.08. The number of methoxy groups -OCH3 is 1. The number of pyridine rings is 1. The fourth-order valence-electron chi connectivity index (χ4n) is 3.34. The highest BCUT2D eigenvalue weighted by Crippen LogP contribution is 2.28. The van der Waals surface area contributed by atoms with E-state index >= 15 is 0 Å². The number of unbranched alkanes of at least 4 members (excludes halogenated alkanes) is 2. The summed E-state index contributed by atoms with van der Waals surface area (Å²) in [4.78, 5) is 12.3. The average Bonchev–Trinajstić information content (AvgIpc) is 3.09. The zero-order chi connectivity index (χ0) is 20.1. The first kappa shape index (κ1) is 20.5. The van der Waals surface area contributed by atoms with Crippen LogP contribution in [0.15, 0.2) is 29.4 Å². The minimum atomic E-state index is 0.0275. The van der Waals surface area contributed by atoms with E-state index in [9.17, 15) is 4.79 Å². The van der Waals surface area contributed by atoms with Crippen LogP contribution in [0.3, 0.4) is 0 Å². The number of amides is 1. The van der Waals surface area contributed by atoms with Gasteiger partial charge in [-0.15, -0.1) is 10.2 Å². The SMILES string of the molecule is CCCCCC(C)NC(=O)CSc1nnc2cc(C)c3ccc(OC)cc3n12. The van der Waals surface area contributed by atoms with Gasteiger partial charge in [-0.2, -0.15) is 0 Å². The number of aromatic nitrogens is 3. The molecule has 3 aromatic rings. The molecule has 28 heavy (non-hydrogen) atoms. The van der Waals surface area contributed by atoms with Crippen LogP contribution in [-0.4, -0.2) is 39.4 Å². The minimum Gasteiger partial charge on any atom is -0.497 e. The predicted molar refractivity (Wildman–Crippen MR) is 114 cm³/mol. The van der Waals surface area contributed by atoms with Crippen LogP contribution in [-0.2, 0) is 4.79 Å². The molecule has 1 unspecified atom stereocenters. The third-order valence-electron chi connectivity index (χ3n) is 4.86. The maximum absolute atomic E-state index is 12.3. The van der Waals surface area contributed by atoms with Gasteiger partial charge in [-0.05, 0) is 44.0 Å². The van der Waals surface area contributed by atoms with Crippen LogP contribution in [0.1, 0.15) is 45.1 Å². The van der Waals surface area contributed by atoms with Crippen LogP contribution >= 0.6 is 11.8 Å². The summed E-state index contributed by atoms with van der Waals surface area (Å²) in [5.74, 6) is 1.13. The van der Waals surface area contributed by atoms with E-state index in [-0.39, 0.29) is 11.9 Å². The van der Waals surface area contributed by atoms with Gasteiger partial charge in [0.05, 0.1) is 18.4 Å². The molecule has 0 spiro atoms. The second-order valence-electron chi connectivity index (χ2n) is 7.14. The summed E-state index contributed by atoms with van der Waals surface area (Å²) in [6, 6.07) is 8.19. The molecule has 0 aliphatic carbocycles. The molecule has 0 aliphatic rings. The molecule has 6 nitrogen and oxygen atoms in total. The van der Waals surface area contributed by atoms with Crippen molar-refractivity contribution < 1.29 is 9.53 Å². The number of nitrogens with zero attached hydrogens (tertiary/aromatic N) is 3. The number of hydrogen-bond donors (Lipinski definition) is 1. The summed E-state index contributed by atoms with van der Waals surface area (Å²) in [5, 5.41) is 13.5. The quantitative estimate of drug-likeness (QED) is 0.426. The lowest BCUT2D eigenvalue weighted by Gasteiger charge is -2.13. The Balaban J connectivity index is 1.76. The van der Waals surface area contributed by atoms with Gasteiger partial charge in [0, 0.05) is 17.5 Å². The summed E-state index contributed by atoms with van der Waals surface area (Å²) in [6.07, 6.45) is 4.56. The zero-order valence-corrected chi connectivity index (χ0v) is 17.8. The normalized spacial score (nSPS) is 12.4. The van der Waals surface area contributed by atoms with Gasteiger partial charge >= 0.3 is 0 Å². The first-order valence-corrected chi connectivity index (χ1v) is 10.8. The second kappa shape index (κ2) is 9.28. The predicted octanol–water partition coefficient (Wildman–Crippen LogP) is 4.38. The molecule has 0 aliphatic heterocycles. The third kappa shape index (κ3) is 4.58. The van der Waals surface area contributed by atoms with Crippen molar-refractivity contribution >= 4 is 34.2 Å². The van der Waals surface area contributed by atoms with Crippen LogP contribution in [0.25, 0.3) is 16.6 Å². The fourth-order valence-corrected chi connectivity index (χ4v) is 4.11. The van der Waals surface area contributed by atoms with Gasteiger partial charge < -0.3 is 10.1 Å². The standard InChI is InChI=1S/C21H28N4O2S/c1-5-6-7-8-15(3)22-20(26)13-28-21-24-23-19-11-14(2)17-10-9-16(27-4)12-18(17)25(19)21/h9-12,15H,5-8,13H2,1-4H3,(H,22,26). The van der Waals surface area contributed by atoms with Crippen molar-refractivity contribution in [2.45, 2.75) is 57.7 Å². The van der Waals surface area contributed by atoms with Gasteiger partial charge in [0.15, 0.2) is 10.8 Å². The number of thioether (sulfide) groups is 1. The largest absolute Gasteiger partial charge is 0.497 e. The van der Waals surface area contributed by atoms with E-state index in [4.69, 9.17) is 4.74 Å². The molecular weight excluding hydrogens is 372 g/mol. The van der Waals surface area contributed by atoms with E-state index < -0.39 is 0 Å². The number of aryl methyl sites for hydroxylation is 1. The van der Waals surface area contributed by atoms with E-state index in [0.29, 0.717) is 10.9 Å².